The van der Waals surface area contributed by atoms with Crippen molar-refractivity contribution >= 4 is 34.7 Å². The largest absolute Gasteiger partial charge is 0.508 e. The van der Waals surface area contributed by atoms with Crippen LogP contribution in [-0.2, 0) is 19.3 Å². The highest BCUT2D eigenvalue weighted by molar-refractivity contribution is 7.80. The molecular formula is C39H51N5O2S2. The van der Waals surface area contributed by atoms with Crippen molar-refractivity contribution < 1.29 is 10.2 Å². The number of nitrogens with one attached hydrogen (secondary N) is 1. The normalized spacial score (nSPS) is 22.2. The van der Waals surface area contributed by atoms with Gasteiger partial charge in [0.15, 0.2) is 10.2 Å². The molecule has 0 amide bonds. The maximum absolute atomic E-state index is 9.91. The van der Waals surface area contributed by atoms with E-state index in [0.29, 0.717) is 35.5 Å². The van der Waals surface area contributed by atoms with Gasteiger partial charge in [0.2, 0.25) is 0 Å². The molecule has 3 aromatic carbocycles. The zero-order chi connectivity index (χ0) is 33.6. The monoisotopic (exact) mass is 685 g/mol. The van der Waals surface area contributed by atoms with E-state index in [9.17, 15) is 10.2 Å². The summed E-state index contributed by atoms with van der Waals surface area (Å²) in [6.07, 6.45) is 6.23. The molecule has 0 spiro atoms. The predicted octanol–water partition coefficient (Wildman–Crippen LogP) is 5.83. The maximum atomic E-state index is 9.91. The molecule has 1 unspecified atom stereocenters. The van der Waals surface area contributed by atoms with Gasteiger partial charge in [0.1, 0.15) is 11.5 Å². The van der Waals surface area contributed by atoms with Crippen molar-refractivity contribution in [3.63, 3.8) is 0 Å². The van der Waals surface area contributed by atoms with Gasteiger partial charge in [-0.15, -0.1) is 0 Å². The highest BCUT2D eigenvalue weighted by Gasteiger charge is 2.40. The molecule has 3 N–H and O–H groups in total. The van der Waals surface area contributed by atoms with Crippen molar-refractivity contribution in [3.8, 4) is 11.5 Å². The van der Waals surface area contributed by atoms with Crippen molar-refractivity contribution in [2.75, 3.05) is 39.3 Å². The van der Waals surface area contributed by atoms with Gasteiger partial charge in [-0.25, -0.2) is 0 Å². The van der Waals surface area contributed by atoms with Gasteiger partial charge >= 0.3 is 0 Å². The topological polar surface area (TPSA) is 65.4 Å². The molecule has 3 aliphatic heterocycles. The molecule has 6 rings (SSSR count). The van der Waals surface area contributed by atoms with Gasteiger partial charge in [-0.1, -0.05) is 68.4 Å². The summed E-state index contributed by atoms with van der Waals surface area (Å²) in [6.45, 7) is 10.4. The number of thiocarbonyl (C=S) groups is 2. The van der Waals surface area contributed by atoms with Gasteiger partial charge in [-0.05, 0) is 116 Å². The molecule has 3 saturated heterocycles. The standard InChI is InChI=1S/C39H51N5O2S2/c1-28(2)21-34(25-41-19-6-9-32(41)26-43-33(24-40-38(43)47)22-30-10-14-36(45)15-11-30)44-27-35(23-31-12-16-37(46)17-13-31)42(39(44)48)20-18-29-7-4-3-5-8-29/h3-5,7-8,10-17,28,32-35,45-46H,6,9,18-27H2,1-2H3,(H,40,47)/t32?,33-,34-,35-/m0/s1. The first-order chi connectivity index (χ1) is 23.2. The number of nitrogens with zero attached hydrogens (tertiary/aromatic N) is 4. The smallest absolute Gasteiger partial charge is 0.172 e. The second-order valence-electron chi connectivity index (χ2n) is 14.3. The van der Waals surface area contributed by atoms with Crippen molar-refractivity contribution in [2.24, 2.45) is 5.92 Å². The van der Waals surface area contributed by atoms with Gasteiger partial charge in [-0.2, -0.15) is 0 Å². The quantitative estimate of drug-likeness (QED) is 0.182. The Morgan fingerprint density at radius 1 is 0.792 bits per heavy atom. The SMILES string of the molecule is CC(C)C[C@@H](CN1CCCC1CN1C(=S)NC[C@@H]1Cc1ccc(O)cc1)N1C[C@H](Cc2ccc(O)cc2)N(CCc2ccccc2)C1=S. The summed E-state index contributed by atoms with van der Waals surface area (Å²) in [6, 6.07) is 27.3. The Hall–Kier alpha value is -3.40. The second kappa shape index (κ2) is 15.9. The molecule has 4 atom stereocenters. The number of phenolic OH excluding ortho intramolecular Hbond substituents is 2. The van der Waals surface area contributed by atoms with Gasteiger partial charge in [0.05, 0.1) is 12.1 Å². The molecule has 3 heterocycles. The third-order valence-corrected chi connectivity index (χ3v) is 11.2. The van der Waals surface area contributed by atoms with Crippen LogP contribution in [-0.4, -0.2) is 103 Å². The van der Waals surface area contributed by atoms with E-state index in [1.165, 1.54) is 29.5 Å². The Labute approximate surface area is 297 Å². The summed E-state index contributed by atoms with van der Waals surface area (Å²) < 4.78 is 0. The maximum Gasteiger partial charge on any atom is 0.172 e. The van der Waals surface area contributed by atoms with Crippen LogP contribution in [0.15, 0.2) is 78.9 Å². The molecule has 9 heteroatoms. The Kier molecular flexibility index (Phi) is 11.4. The number of rotatable bonds is 14. The van der Waals surface area contributed by atoms with Crippen LogP contribution >= 0.6 is 24.4 Å². The van der Waals surface area contributed by atoms with Crippen LogP contribution in [0.4, 0.5) is 0 Å². The fourth-order valence-corrected chi connectivity index (χ4v) is 8.64. The van der Waals surface area contributed by atoms with E-state index in [2.05, 4.69) is 69.1 Å². The predicted molar refractivity (Wildman–Crippen MR) is 202 cm³/mol. The summed E-state index contributed by atoms with van der Waals surface area (Å²) in [5.74, 6) is 1.16. The number of aromatic hydroxyl groups is 2. The summed E-state index contributed by atoms with van der Waals surface area (Å²) in [5, 5.41) is 25.0. The van der Waals surface area contributed by atoms with Gasteiger partial charge in [-0.3, -0.25) is 4.90 Å². The van der Waals surface area contributed by atoms with Crippen LogP contribution in [0.2, 0.25) is 0 Å². The van der Waals surface area contributed by atoms with Gasteiger partial charge < -0.3 is 30.2 Å². The van der Waals surface area contributed by atoms with E-state index < -0.39 is 0 Å². The molecule has 3 aromatic rings. The van der Waals surface area contributed by atoms with Crippen molar-refractivity contribution in [2.45, 2.75) is 76.5 Å². The fourth-order valence-electron chi connectivity index (χ4n) is 7.87. The molecule has 3 aliphatic rings. The molecule has 0 bridgehead atoms. The van der Waals surface area contributed by atoms with Gasteiger partial charge in [0, 0.05) is 44.8 Å². The first-order valence-electron chi connectivity index (χ1n) is 17.7. The minimum Gasteiger partial charge on any atom is -0.508 e. The first kappa shape index (κ1) is 34.5. The zero-order valence-corrected chi connectivity index (χ0v) is 30.0. The number of benzene rings is 3. The minimum absolute atomic E-state index is 0.281. The highest BCUT2D eigenvalue weighted by Crippen LogP contribution is 2.29. The Morgan fingerprint density at radius 3 is 2.08 bits per heavy atom. The lowest BCUT2D eigenvalue weighted by Gasteiger charge is -2.38. The fraction of sp³-hybridized carbons (Fsp3) is 0.487. The average molecular weight is 686 g/mol. The van der Waals surface area contributed by atoms with E-state index in [1.807, 2.05) is 24.3 Å². The van der Waals surface area contributed by atoms with Crippen molar-refractivity contribution in [1.82, 2.24) is 24.9 Å². The second-order valence-corrected chi connectivity index (χ2v) is 15.1. The average Bonchev–Trinajstić information content (AvgIpc) is 3.75. The van der Waals surface area contributed by atoms with E-state index in [1.54, 1.807) is 24.3 Å². The van der Waals surface area contributed by atoms with Crippen LogP contribution in [0, 0.1) is 5.92 Å². The summed E-state index contributed by atoms with van der Waals surface area (Å²) >= 11 is 12.2. The van der Waals surface area contributed by atoms with E-state index in [-0.39, 0.29) is 6.04 Å². The zero-order valence-electron chi connectivity index (χ0n) is 28.4. The Bertz CT molecular complexity index is 1500. The number of hydrogen-bond donors (Lipinski definition) is 3. The molecule has 0 aliphatic carbocycles. The molecule has 3 fully saturated rings. The molecule has 0 aromatic heterocycles. The van der Waals surface area contributed by atoms with E-state index in [4.69, 9.17) is 24.4 Å². The molecule has 7 nitrogen and oxygen atoms in total. The van der Waals surface area contributed by atoms with Crippen LogP contribution in [0.25, 0.3) is 0 Å². The Morgan fingerprint density at radius 2 is 1.44 bits per heavy atom. The van der Waals surface area contributed by atoms with Crippen molar-refractivity contribution in [1.29, 1.82) is 0 Å². The van der Waals surface area contributed by atoms with E-state index in [0.717, 1.165) is 75.2 Å². The molecular weight excluding hydrogens is 635 g/mol. The molecule has 0 radical (unpaired) electrons. The third kappa shape index (κ3) is 8.60. The lowest BCUT2D eigenvalue weighted by atomic mass is 10.0. The number of phenols is 2. The minimum atomic E-state index is 0.281. The molecule has 0 saturated carbocycles. The van der Waals surface area contributed by atoms with E-state index >= 15 is 0 Å². The summed E-state index contributed by atoms with van der Waals surface area (Å²) in [5.41, 5.74) is 3.78. The number of likely N-dealkylation sites (tertiary alicyclic amines) is 1. The number of hydrogen-bond acceptors (Lipinski definition) is 5. The third-order valence-electron chi connectivity index (χ3n) is 10.4. The first-order valence-corrected chi connectivity index (χ1v) is 18.5. The lowest BCUT2D eigenvalue weighted by molar-refractivity contribution is 0.149. The van der Waals surface area contributed by atoms with Crippen LogP contribution in [0.1, 0.15) is 49.8 Å². The van der Waals surface area contributed by atoms with Crippen LogP contribution in [0.3, 0.4) is 0 Å². The summed E-state index contributed by atoms with van der Waals surface area (Å²) in [4.78, 5) is 10.2. The highest BCUT2D eigenvalue weighted by atomic mass is 32.1. The van der Waals surface area contributed by atoms with Gasteiger partial charge in [0.25, 0.3) is 0 Å². The van der Waals surface area contributed by atoms with Crippen molar-refractivity contribution in [3.05, 3.63) is 95.6 Å². The van der Waals surface area contributed by atoms with Crippen LogP contribution in [0.5, 0.6) is 11.5 Å². The van der Waals surface area contributed by atoms with Crippen LogP contribution < -0.4 is 5.32 Å². The Balaban J connectivity index is 1.16. The summed E-state index contributed by atoms with van der Waals surface area (Å²) in [7, 11) is 0. The lowest BCUT2D eigenvalue weighted by Crippen LogP contribution is -2.51. The molecule has 48 heavy (non-hydrogen) atoms. The molecule has 256 valence electrons.